The van der Waals surface area contributed by atoms with E-state index < -0.39 is 10.0 Å². The van der Waals surface area contributed by atoms with Gasteiger partial charge in [-0.15, -0.1) is 0 Å². The molecule has 208 valence electrons. The van der Waals surface area contributed by atoms with Gasteiger partial charge in [-0.05, 0) is 75.2 Å². The fraction of sp³-hybridized carbons (Fsp3) is 0.536. The number of rotatable bonds is 10. The van der Waals surface area contributed by atoms with E-state index in [4.69, 9.17) is 9.47 Å². The molecular formula is C28H39N3O6S. The molecule has 9 nitrogen and oxygen atoms in total. The Morgan fingerprint density at radius 3 is 2.53 bits per heavy atom. The highest BCUT2D eigenvalue weighted by molar-refractivity contribution is 7.92. The van der Waals surface area contributed by atoms with E-state index in [1.807, 2.05) is 6.92 Å². The number of ether oxygens (including phenoxy) is 2. The highest BCUT2D eigenvalue weighted by Crippen LogP contribution is 2.32. The lowest BCUT2D eigenvalue weighted by Crippen LogP contribution is -2.47. The first-order valence-corrected chi connectivity index (χ1v) is 14.6. The molecule has 1 saturated carbocycles. The molecule has 0 radical (unpaired) electrons. The van der Waals surface area contributed by atoms with Crippen molar-refractivity contribution in [2.75, 3.05) is 45.1 Å². The van der Waals surface area contributed by atoms with Crippen molar-refractivity contribution in [3.8, 4) is 11.5 Å². The van der Waals surface area contributed by atoms with E-state index in [1.165, 1.54) is 32.1 Å². The first kappa shape index (κ1) is 28.2. The molecule has 2 aromatic rings. The van der Waals surface area contributed by atoms with Crippen molar-refractivity contribution in [1.29, 1.82) is 0 Å². The maximum absolute atomic E-state index is 13.4. The standard InChI is InChI=1S/C28H39N3O6S/c1-19-15-31(20(2)18-32)28(33)14-22-13-23(29-38(34,35)25-10-8-24(36-4)9-11-25)7-12-26(22)37-27(19)17-30(3)16-21-5-6-21/h7-13,19-21,27,29,32H,5-6,14-18H2,1-4H3/t19-,20+,27+/m0/s1. The number of sulfonamides is 1. The maximum Gasteiger partial charge on any atom is 0.261 e. The number of hydrogen-bond acceptors (Lipinski definition) is 7. The van der Waals surface area contributed by atoms with Crippen molar-refractivity contribution in [3.63, 3.8) is 0 Å². The van der Waals surface area contributed by atoms with Crippen LogP contribution in [0.25, 0.3) is 0 Å². The molecule has 2 N–H and O–H groups in total. The number of methoxy groups -OCH3 is 1. The van der Waals surface area contributed by atoms with Crippen LogP contribution in [0.1, 0.15) is 32.3 Å². The molecule has 0 aromatic heterocycles. The fourth-order valence-corrected chi connectivity index (χ4v) is 5.85. The van der Waals surface area contributed by atoms with Crippen LogP contribution in [-0.2, 0) is 21.2 Å². The van der Waals surface area contributed by atoms with Gasteiger partial charge in [0.25, 0.3) is 10.0 Å². The van der Waals surface area contributed by atoms with Gasteiger partial charge in [-0.25, -0.2) is 8.42 Å². The first-order chi connectivity index (χ1) is 18.1. The van der Waals surface area contributed by atoms with Crippen LogP contribution < -0.4 is 14.2 Å². The molecule has 0 spiro atoms. The average Bonchev–Trinajstić information content (AvgIpc) is 3.70. The Bertz CT molecular complexity index is 1220. The monoisotopic (exact) mass is 545 g/mol. The minimum Gasteiger partial charge on any atom is -0.497 e. The van der Waals surface area contributed by atoms with Crippen LogP contribution in [0.3, 0.4) is 0 Å². The van der Waals surface area contributed by atoms with Crippen molar-refractivity contribution in [1.82, 2.24) is 9.80 Å². The van der Waals surface area contributed by atoms with Crippen molar-refractivity contribution in [3.05, 3.63) is 48.0 Å². The van der Waals surface area contributed by atoms with Gasteiger partial charge in [-0.2, -0.15) is 0 Å². The smallest absolute Gasteiger partial charge is 0.261 e. The van der Waals surface area contributed by atoms with E-state index in [0.29, 0.717) is 35.8 Å². The number of aliphatic hydroxyl groups excluding tert-OH is 1. The summed E-state index contributed by atoms with van der Waals surface area (Å²) in [4.78, 5) is 17.5. The van der Waals surface area contributed by atoms with Crippen LogP contribution in [0.15, 0.2) is 47.4 Å². The van der Waals surface area contributed by atoms with Crippen LogP contribution in [0, 0.1) is 11.8 Å². The third kappa shape index (κ3) is 6.98. The van der Waals surface area contributed by atoms with Crippen molar-refractivity contribution in [2.45, 2.75) is 50.2 Å². The summed E-state index contributed by atoms with van der Waals surface area (Å²) in [6.45, 7) is 5.95. The summed E-state index contributed by atoms with van der Waals surface area (Å²) in [6.07, 6.45) is 2.38. The van der Waals surface area contributed by atoms with Crippen molar-refractivity contribution >= 4 is 21.6 Å². The lowest BCUT2D eigenvalue weighted by Gasteiger charge is -2.34. The zero-order chi connectivity index (χ0) is 27.4. The summed E-state index contributed by atoms with van der Waals surface area (Å²) in [5, 5.41) is 9.83. The molecule has 38 heavy (non-hydrogen) atoms. The molecule has 2 aliphatic rings. The molecule has 3 atom stereocenters. The highest BCUT2D eigenvalue weighted by Gasteiger charge is 2.32. The number of nitrogens with zero attached hydrogens (tertiary/aromatic N) is 2. The van der Waals surface area contributed by atoms with Crippen LogP contribution >= 0.6 is 0 Å². The van der Waals surface area contributed by atoms with Crippen molar-refractivity contribution in [2.24, 2.45) is 11.8 Å². The van der Waals surface area contributed by atoms with Crippen LogP contribution in [-0.4, -0.2) is 81.8 Å². The summed E-state index contributed by atoms with van der Waals surface area (Å²) < 4.78 is 40.3. The van der Waals surface area contributed by atoms with E-state index in [2.05, 4.69) is 23.6 Å². The van der Waals surface area contributed by atoms with E-state index >= 15 is 0 Å². The summed E-state index contributed by atoms with van der Waals surface area (Å²) in [5.41, 5.74) is 0.941. The highest BCUT2D eigenvalue weighted by atomic mass is 32.2. The Labute approximate surface area is 225 Å². The third-order valence-electron chi connectivity index (χ3n) is 7.30. The minimum absolute atomic E-state index is 0.0220. The molecule has 2 aromatic carbocycles. The molecule has 0 unspecified atom stereocenters. The van der Waals surface area contributed by atoms with E-state index in [0.717, 1.165) is 12.5 Å². The largest absolute Gasteiger partial charge is 0.497 e. The summed E-state index contributed by atoms with van der Waals surface area (Å²) in [7, 11) is -0.239. The Balaban J connectivity index is 1.62. The van der Waals surface area contributed by atoms with Gasteiger partial charge < -0.3 is 24.4 Å². The molecule has 4 rings (SSSR count). The van der Waals surface area contributed by atoms with Gasteiger partial charge in [0.1, 0.15) is 17.6 Å². The van der Waals surface area contributed by atoms with E-state index in [-0.39, 0.29) is 41.9 Å². The van der Waals surface area contributed by atoms with Gasteiger partial charge in [0.15, 0.2) is 0 Å². The molecule has 1 fully saturated rings. The zero-order valence-corrected chi connectivity index (χ0v) is 23.4. The van der Waals surface area contributed by atoms with E-state index in [9.17, 15) is 18.3 Å². The summed E-state index contributed by atoms with van der Waals surface area (Å²) >= 11 is 0. The molecule has 0 saturated heterocycles. The van der Waals surface area contributed by atoms with Crippen molar-refractivity contribution < 1.29 is 27.8 Å². The molecule has 1 amide bonds. The zero-order valence-electron chi connectivity index (χ0n) is 22.6. The molecule has 1 aliphatic carbocycles. The number of anilines is 1. The quantitative estimate of drug-likeness (QED) is 0.473. The second-order valence-electron chi connectivity index (χ2n) is 10.7. The lowest BCUT2D eigenvalue weighted by molar-refractivity contribution is -0.134. The average molecular weight is 546 g/mol. The number of carbonyl (C=O) groups is 1. The minimum atomic E-state index is -3.85. The predicted molar refractivity (Wildman–Crippen MR) is 146 cm³/mol. The van der Waals surface area contributed by atoms with Gasteiger partial charge in [0.05, 0.1) is 31.1 Å². The van der Waals surface area contributed by atoms with Gasteiger partial charge in [-0.3, -0.25) is 9.52 Å². The first-order valence-electron chi connectivity index (χ1n) is 13.1. The fourth-order valence-electron chi connectivity index (χ4n) is 4.80. The Morgan fingerprint density at radius 2 is 1.89 bits per heavy atom. The van der Waals surface area contributed by atoms with Crippen LogP contribution in [0.2, 0.25) is 0 Å². The number of aliphatic hydroxyl groups is 1. The number of hydrogen-bond donors (Lipinski definition) is 2. The topological polar surface area (TPSA) is 108 Å². The molecule has 0 bridgehead atoms. The maximum atomic E-state index is 13.4. The second kappa shape index (κ2) is 11.9. The molecular weight excluding hydrogens is 506 g/mol. The van der Waals surface area contributed by atoms with E-state index in [1.54, 1.807) is 35.2 Å². The van der Waals surface area contributed by atoms with Gasteiger partial charge in [0.2, 0.25) is 5.91 Å². The number of amides is 1. The normalized spacial score (nSPS) is 21.1. The van der Waals surface area contributed by atoms with Gasteiger partial charge in [-0.1, -0.05) is 6.92 Å². The number of benzene rings is 2. The van der Waals surface area contributed by atoms with Crippen LogP contribution in [0.5, 0.6) is 11.5 Å². The summed E-state index contributed by atoms with van der Waals surface area (Å²) in [6, 6.07) is 10.8. The Hall–Kier alpha value is -2.82. The number of nitrogens with one attached hydrogen (secondary N) is 1. The van der Waals surface area contributed by atoms with Gasteiger partial charge in [0, 0.05) is 36.8 Å². The Morgan fingerprint density at radius 1 is 1.18 bits per heavy atom. The number of likely N-dealkylation sites (N-methyl/N-ethyl adjacent to an activating group) is 1. The van der Waals surface area contributed by atoms with Gasteiger partial charge >= 0.3 is 0 Å². The van der Waals surface area contributed by atoms with Crippen LogP contribution in [0.4, 0.5) is 5.69 Å². The molecule has 10 heteroatoms. The molecule has 1 heterocycles. The SMILES string of the molecule is COc1ccc(S(=O)(=O)Nc2ccc3c(c2)CC(=O)N([C@H](C)CO)C[C@H](C)[C@@H](CN(C)CC2CC2)O3)cc1. The summed E-state index contributed by atoms with van der Waals surface area (Å²) in [5.74, 6) is 1.76. The molecule has 1 aliphatic heterocycles. The number of fused-ring (bicyclic) bond motifs is 1. The lowest BCUT2D eigenvalue weighted by atomic mass is 10.0. The Kier molecular flexibility index (Phi) is 8.85. The predicted octanol–water partition coefficient (Wildman–Crippen LogP) is 2.99. The third-order valence-corrected chi connectivity index (χ3v) is 8.69. The second-order valence-corrected chi connectivity index (χ2v) is 12.3. The number of carbonyl (C=O) groups excluding carboxylic acids is 1.